The fraction of sp³-hybridized carbons (Fsp3) is 0.682. The van der Waals surface area contributed by atoms with Crippen molar-refractivity contribution in [3.63, 3.8) is 0 Å². The lowest BCUT2D eigenvalue weighted by Gasteiger charge is -2.08. The molecule has 0 heterocycles. The molecule has 0 bridgehead atoms. The number of esters is 1. The minimum Gasteiger partial charge on any atom is -0.463 e. The Balaban J connectivity index is 1.81. The Morgan fingerprint density at radius 1 is 0.719 bits per heavy atom. The predicted octanol–water partition coefficient (Wildman–Crippen LogP) is 2.58. The highest BCUT2D eigenvalue weighted by atomic mass is 32.2. The zero-order chi connectivity index (χ0) is 23.3. The summed E-state index contributed by atoms with van der Waals surface area (Å²) in [6, 6.07) is 7.96. The number of hydrogen-bond donors (Lipinski definition) is 0. The highest BCUT2D eigenvalue weighted by molar-refractivity contribution is 7.86. The summed E-state index contributed by atoms with van der Waals surface area (Å²) >= 11 is 0. The van der Waals surface area contributed by atoms with Crippen molar-refractivity contribution in [1.82, 2.24) is 0 Å². The van der Waals surface area contributed by atoms with Crippen molar-refractivity contribution in [2.45, 2.75) is 37.5 Å². The quantitative estimate of drug-likeness (QED) is 0.150. The summed E-state index contributed by atoms with van der Waals surface area (Å²) in [5, 5.41) is 0. The van der Waals surface area contributed by atoms with Crippen molar-refractivity contribution in [2.75, 3.05) is 66.1 Å². The Hall–Kier alpha value is -1.56. The first-order valence-corrected chi connectivity index (χ1v) is 12.4. The smallest absolute Gasteiger partial charge is 0.305 e. The van der Waals surface area contributed by atoms with Crippen molar-refractivity contribution in [3.8, 4) is 0 Å². The summed E-state index contributed by atoms with van der Waals surface area (Å²) in [7, 11) is -3.75. The number of benzene rings is 1. The molecule has 0 unspecified atom stereocenters. The van der Waals surface area contributed by atoms with Gasteiger partial charge in [-0.3, -0.25) is 8.98 Å². The van der Waals surface area contributed by atoms with E-state index in [4.69, 9.17) is 27.9 Å². The maximum Gasteiger partial charge on any atom is 0.305 e. The fourth-order valence-electron chi connectivity index (χ4n) is 2.43. The maximum atomic E-state index is 11.9. The molecule has 0 aromatic heterocycles. The van der Waals surface area contributed by atoms with Gasteiger partial charge in [0, 0.05) is 6.42 Å². The summed E-state index contributed by atoms with van der Waals surface area (Å²) in [4.78, 5) is 11.5. The zero-order valence-electron chi connectivity index (χ0n) is 18.9. The number of carbonyl (C=O) groups is 1. The number of unbranched alkanes of at least 4 members (excludes halogenated alkanes) is 2. The van der Waals surface area contributed by atoms with Gasteiger partial charge in [0.15, 0.2) is 0 Å². The van der Waals surface area contributed by atoms with Gasteiger partial charge in [-0.1, -0.05) is 38.0 Å². The molecule has 0 radical (unpaired) electrons. The molecule has 0 spiro atoms. The predicted molar refractivity (Wildman–Crippen MR) is 118 cm³/mol. The molecule has 1 aromatic rings. The minimum absolute atomic E-state index is 0.0571. The van der Waals surface area contributed by atoms with E-state index >= 15 is 0 Å². The number of hydrogen-bond acceptors (Lipinski definition) is 9. The van der Waals surface area contributed by atoms with Crippen LogP contribution >= 0.6 is 0 Å². The van der Waals surface area contributed by atoms with Crippen molar-refractivity contribution < 1.29 is 41.1 Å². The Kier molecular flexibility index (Phi) is 16.9. The molecule has 0 saturated heterocycles. The molecule has 0 atom stereocenters. The van der Waals surface area contributed by atoms with Gasteiger partial charge in [0.05, 0.1) is 64.4 Å². The van der Waals surface area contributed by atoms with Crippen LogP contribution in [0.15, 0.2) is 35.2 Å². The molecule has 10 heteroatoms. The molecule has 0 aliphatic carbocycles. The first kappa shape index (κ1) is 28.5. The van der Waals surface area contributed by atoms with E-state index in [1.165, 1.54) is 12.1 Å². The van der Waals surface area contributed by atoms with Crippen molar-refractivity contribution in [2.24, 2.45) is 0 Å². The summed E-state index contributed by atoms with van der Waals surface area (Å²) in [6.45, 7) is 5.18. The van der Waals surface area contributed by atoms with E-state index in [2.05, 4.69) is 6.92 Å². The SMILES string of the molecule is CCCCCC(=O)OCCOCCOCCOCCOCCOS(=O)(=O)c1ccccc1. The van der Waals surface area contributed by atoms with Crippen LogP contribution in [-0.2, 0) is 42.8 Å². The van der Waals surface area contributed by atoms with Gasteiger partial charge in [0.1, 0.15) is 6.61 Å². The molecule has 0 aliphatic rings. The van der Waals surface area contributed by atoms with Crippen LogP contribution in [0.1, 0.15) is 32.6 Å². The number of carbonyl (C=O) groups excluding carboxylic acids is 1. The van der Waals surface area contributed by atoms with Crippen LogP contribution in [0.3, 0.4) is 0 Å². The molecule has 1 aromatic carbocycles. The van der Waals surface area contributed by atoms with Crippen LogP contribution in [-0.4, -0.2) is 80.5 Å². The molecular formula is C22H36O9S. The lowest BCUT2D eigenvalue weighted by Crippen LogP contribution is -2.15. The fourth-order valence-corrected chi connectivity index (χ4v) is 3.34. The Labute approximate surface area is 191 Å². The van der Waals surface area contributed by atoms with Crippen LogP contribution in [0.25, 0.3) is 0 Å². The summed E-state index contributed by atoms with van der Waals surface area (Å²) < 4.78 is 55.1. The summed E-state index contributed by atoms with van der Waals surface area (Å²) in [5.41, 5.74) is 0. The minimum atomic E-state index is -3.75. The molecule has 0 N–H and O–H groups in total. The van der Waals surface area contributed by atoms with Crippen molar-refractivity contribution >= 4 is 16.1 Å². The Morgan fingerprint density at radius 3 is 1.75 bits per heavy atom. The zero-order valence-corrected chi connectivity index (χ0v) is 19.7. The maximum absolute atomic E-state index is 11.9. The van der Waals surface area contributed by atoms with Crippen LogP contribution in [0.2, 0.25) is 0 Å². The average Bonchev–Trinajstić information content (AvgIpc) is 2.79. The second-order valence-electron chi connectivity index (χ2n) is 6.72. The molecule has 1 rings (SSSR count). The van der Waals surface area contributed by atoms with Gasteiger partial charge in [-0.25, -0.2) is 0 Å². The van der Waals surface area contributed by atoms with E-state index in [1.807, 2.05) is 0 Å². The largest absolute Gasteiger partial charge is 0.463 e. The summed E-state index contributed by atoms with van der Waals surface area (Å²) in [6.07, 6.45) is 3.45. The van der Waals surface area contributed by atoms with Gasteiger partial charge in [-0.15, -0.1) is 0 Å². The molecule has 0 amide bonds. The second-order valence-corrected chi connectivity index (χ2v) is 8.33. The topological polar surface area (TPSA) is 107 Å². The number of ether oxygens (including phenoxy) is 5. The highest BCUT2D eigenvalue weighted by Gasteiger charge is 2.13. The van der Waals surface area contributed by atoms with E-state index in [1.54, 1.807) is 18.2 Å². The van der Waals surface area contributed by atoms with E-state index < -0.39 is 10.1 Å². The second kappa shape index (κ2) is 19.0. The van der Waals surface area contributed by atoms with Gasteiger partial charge in [-0.05, 0) is 18.6 Å². The van der Waals surface area contributed by atoms with Gasteiger partial charge in [0.25, 0.3) is 10.1 Å². The van der Waals surface area contributed by atoms with Crippen molar-refractivity contribution in [1.29, 1.82) is 0 Å². The summed E-state index contributed by atoms with van der Waals surface area (Å²) in [5.74, 6) is -0.177. The Morgan fingerprint density at radius 2 is 1.22 bits per heavy atom. The Bertz CT molecular complexity index is 680. The number of rotatable bonds is 21. The molecule has 0 aliphatic heterocycles. The van der Waals surface area contributed by atoms with E-state index in [0.717, 1.165) is 19.3 Å². The van der Waals surface area contributed by atoms with Gasteiger partial charge in [-0.2, -0.15) is 8.42 Å². The molecule has 0 saturated carbocycles. The standard InChI is InChI=1S/C22H36O9S/c1-2-3-5-10-22(23)30-19-17-28-15-13-26-11-12-27-14-16-29-18-20-31-32(24,25)21-8-6-4-7-9-21/h4,6-9H,2-3,5,10-20H2,1H3. The third-order valence-corrected chi connectivity index (χ3v) is 5.42. The molecule has 0 fully saturated rings. The van der Waals surface area contributed by atoms with Gasteiger partial charge in [0.2, 0.25) is 0 Å². The average molecular weight is 477 g/mol. The molecular weight excluding hydrogens is 440 g/mol. The normalized spacial score (nSPS) is 11.5. The third-order valence-electron chi connectivity index (χ3n) is 4.09. The third kappa shape index (κ3) is 15.3. The first-order valence-electron chi connectivity index (χ1n) is 11.0. The van der Waals surface area contributed by atoms with E-state index in [9.17, 15) is 13.2 Å². The van der Waals surface area contributed by atoms with Crippen LogP contribution in [0.4, 0.5) is 0 Å². The highest BCUT2D eigenvalue weighted by Crippen LogP contribution is 2.10. The first-order chi connectivity index (χ1) is 15.6. The monoisotopic (exact) mass is 476 g/mol. The van der Waals surface area contributed by atoms with E-state index in [-0.39, 0.29) is 30.7 Å². The van der Waals surface area contributed by atoms with Gasteiger partial charge >= 0.3 is 5.97 Å². The van der Waals surface area contributed by atoms with Crippen molar-refractivity contribution in [3.05, 3.63) is 30.3 Å². The molecule has 184 valence electrons. The molecule has 9 nitrogen and oxygen atoms in total. The van der Waals surface area contributed by atoms with E-state index in [0.29, 0.717) is 52.7 Å². The lowest BCUT2D eigenvalue weighted by atomic mass is 10.2. The van der Waals surface area contributed by atoms with Crippen LogP contribution in [0.5, 0.6) is 0 Å². The van der Waals surface area contributed by atoms with Crippen LogP contribution < -0.4 is 0 Å². The van der Waals surface area contributed by atoms with Gasteiger partial charge < -0.3 is 23.7 Å². The molecule has 32 heavy (non-hydrogen) atoms. The lowest BCUT2D eigenvalue weighted by molar-refractivity contribution is -0.145. The van der Waals surface area contributed by atoms with Crippen LogP contribution in [0, 0.1) is 0 Å².